The highest BCUT2D eigenvalue weighted by Crippen LogP contribution is 2.15. The zero-order valence-electron chi connectivity index (χ0n) is 6.82. The Morgan fingerprint density at radius 3 is 2.55 bits per heavy atom. The van der Waals surface area contributed by atoms with E-state index in [1.807, 2.05) is 6.92 Å². The molecule has 0 aliphatic carbocycles. The highest BCUT2D eigenvalue weighted by Gasteiger charge is 1.97. The first-order valence-electron chi connectivity index (χ1n) is 3.53. The van der Waals surface area contributed by atoms with Gasteiger partial charge in [-0.05, 0) is 37.1 Å². The van der Waals surface area contributed by atoms with Crippen LogP contribution in [0.5, 0.6) is 0 Å². The van der Waals surface area contributed by atoms with Gasteiger partial charge in [0.2, 0.25) is 0 Å². The van der Waals surface area contributed by atoms with E-state index in [1.165, 1.54) is 6.07 Å². The van der Waals surface area contributed by atoms with Gasteiger partial charge in [-0.2, -0.15) is 0 Å². The molecule has 0 atom stereocenters. The summed E-state index contributed by atoms with van der Waals surface area (Å²) in [4.78, 5) is 0. The average Bonchev–Trinajstić information content (AvgIpc) is 1.94. The minimum atomic E-state index is -0.157. The zero-order chi connectivity index (χ0) is 8.43. The monoisotopic (exact) mass is 150 g/mol. The molecule has 1 rings (SSSR count). The molecule has 1 aromatic carbocycles. The van der Waals surface area contributed by atoms with Crippen LogP contribution in [0.2, 0.25) is 0 Å². The maximum Gasteiger partial charge on any atom is 0.126 e. The molecule has 0 aromatic heterocycles. The van der Waals surface area contributed by atoms with Crippen LogP contribution in [0.25, 0.3) is 5.57 Å². The van der Waals surface area contributed by atoms with Crippen LogP contribution in [0.3, 0.4) is 0 Å². The van der Waals surface area contributed by atoms with Gasteiger partial charge < -0.3 is 0 Å². The number of allylic oxidation sites excluding steroid dienone is 1. The molecule has 0 bridgehead atoms. The maximum atomic E-state index is 12.7. The molecule has 0 radical (unpaired) electrons. The van der Waals surface area contributed by atoms with E-state index in [1.54, 1.807) is 19.1 Å². The minimum absolute atomic E-state index is 0.157. The van der Waals surface area contributed by atoms with Crippen LogP contribution in [0.1, 0.15) is 18.1 Å². The highest BCUT2D eigenvalue weighted by molar-refractivity contribution is 5.61. The first kappa shape index (κ1) is 7.99. The van der Waals surface area contributed by atoms with Crippen LogP contribution in [-0.4, -0.2) is 0 Å². The number of halogens is 1. The Morgan fingerprint density at radius 2 is 2.09 bits per heavy atom. The van der Waals surface area contributed by atoms with Gasteiger partial charge in [0, 0.05) is 0 Å². The molecular weight excluding hydrogens is 139 g/mol. The highest BCUT2D eigenvalue weighted by atomic mass is 19.1. The fourth-order valence-electron chi connectivity index (χ4n) is 0.910. The van der Waals surface area contributed by atoms with E-state index in [4.69, 9.17) is 0 Å². The molecule has 0 saturated heterocycles. The Hall–Kier alpha value is -1.11. The normalized spacial score (nSPS) is 9.73. The van der Waals surface area contributed by atoms with Crippen LogP contribution >= 0.6 is 0 Å². The van der Waals surface area contributed by atoms with Crippen molar-refractivity contribution in [3.8, 4) is 0 Å². The lowest BCUT2D eigenvalue weighted by molar-refractivity contribution is 0.618. The minimum Gasteiger partial charge on any atom is -0.207 e. The van der Waals surface area contributed by atoms with Crippen molar-refractivity contribution in [1.29, 1.82) is 0 Å². The Bertz CT molecular complexity index is 287. The Labute approximate surface area is 66.4 Å². The largest absolute Gasteiger partial charge is 0.207 e. The molecule has 1 heteroatoms. The summed E-state index contributed by atoms with van der Waals surface area (Å²) >= 11 is 0. The molecule has 1 aromatic rings. The number of benzene rings is 1. The van der Waals surface area contributed by atoms with Crippen LogP contribution in [0.15, 0.2) is 24.8 Å². The van der Waals surface area contributed by atoms with E-state index in [9.17, 15) is 4.39 Å². The summed E-state index contributed by atoms with van der Waals surface area (Å²) in [6.07, 6.45) is 0. The molecule has 58 valence electrons. The number of aryl methyl sites for hydroxylation is 1. The van der Waals surface area contributed by atoms with Gasteiger partial charge in [-0.25, -0.2) is 4.39 Å². The summed E-state index contributed by atoms with van der Waals surface area (Å²) in [5, 5.41) is 0. The maximum absolute atomic E-state index is 12.7. The van der Waals surface area contributed by atoms with Crippen molar-refractivity contribution in [2.45, 2.75) is 13.8 Å². The summed E-state index contributed by atoms with van der Waals surface area (Å²) in [5.41, 5.74) is 2.64. The van der Waals surface area contributed by atoms with Crippen molar-refractivity contribution in [1.82, 2.24) is 0 Å². The summed E-state index contributed by atoms with van der Waals surface area (Å²) in [6, 6.07) is 5.02. The van der Waals surface area contributed by atoms with Gasteiger partial charge in [-0.3, -0.25) is 0 Å². The van der Waals surface area contributed by atoms with E-state index < -0.39 is 0 Å². The van der Waals surface area contributed by atoms with Gasteiger partial charge in [-0.1, -0.05) is 18.2 Å². The van der Waals surface area contributed by atoms with Crippen LogP contribution in [0.4, 0.5) is 4.39 Å². The third-order valence-electron chi connectivity index (χ3n) is 1.65. The molecule has 0 saturated carbocycles. The van der Waals surface area contributed by atoms with Gasteiger partial charge in [0.1, 0.15) is 5.82 Å². The van der Waals surface area contributed by atoms with Crippen LogP contribution in [0, 0.1) is 12.7 Å². The van der Waals surface area contributed by atoms with E-state index in [0.717, 1.165) is 11.1 Å². The lowest BCUT2D eigenvalue weighted by Crippen LogP contribution is -1.84. The van der Waals surface area contributed by atoms with Crippen LogP contribution in [-0.2, 0) is 0 Å². The van der Waals surface area contributed by atoms with Crippen molar-refractivity contribution in [2.24, 2.45) is 0 Å². The summed E-state index contributed by atoms with van der Waals surface area (Å²) in [6.45, 7) is 7.43. The Morgan fingerprint density at radius 1 is 1.45 bits per heavy atom. The second-order valence-electron chi connectivity index (χ2n) is 2.74. The third kappa shape index (κ3) is 1.67. The molecule has 0 aliphatic rings. The molecule has 0 amide bonds. The molecule has 0 aliphatic heterocycles. The second-order valence-corrected chi connectivity index (χ2v) is 2.74. The first-order chi connectivity index (χ1) is 5.11. The van der Waals surface area contributed by atoms with Gasteiger partial charge in [0.25, 0.3) is 0 Å². The molecule has 11 heavy (non-hydrogen) atoms. The smallest absolute Gasteiger partial charge is 0.126 e. The standard InChI is InChI=1S/C10H11F/c1-7(2)9-4-5-10(11)8(3)6-9/h4-6H,1H2,2-3H3. The molecule has 0 unspecified atom stereocenters. The topological polar surface area (TPSA) is 0 Å². The first-order valence-corrected chi connectivity index (χ1v) is 3.53. The summed E-state index contributed by atoms with van der Waals surface area (Å²) in [7, 11) is 0. The molecule has 0 heterocycles. The van der Waals surface area contributed by atoms with Crippen molar-refractivity contribution >= 4 is 5.57 Å². The lowest BCUT2D eigenvalue weighted by Gasteiger charge is -2.01. The van der Waals surface area contributed by atoms with Gasteiger partial charge in [-0.15, -0.1) is 0 Å². The summed E-state index contributed by atoms with van der Waals surface area (Å²) in [5.74, 6) is -0.157. The van der Waals surface area contributed by atoms with Gasteiger partial charge in [0.05, 0.1) is 0 Å². The predicted octanol–water partition coefficient (Wildman–Crippen LogP) is 3.17. The zero-order valence-corrected chi connectivity index (χ0v) is 6.82. The van der Waals surface area contributed by atoms with Gasteiger partial charge in [0.15, 0.2) is 0 Å². The van der Waals surface area contributed by atoms with E-state index in [-0.39, 0.29) is 5.82 Å². The second kappa shape index (κ2) is 2.87. The number of rotatable bonds is 1. The average molecular weight is 150 g/mol. The number of hydrogen-bond donors (Lipinski definition) is 0. The van der Waals surface area contributed by atoms with Crippen LogP contribution < -0.4 is 0 Å². The number of hydrogen-bond acceptors (Lipinski definition) is 0. The van der Waals surface area contributed by atoms with Crippen molar-refractivity contribution in [3.63, 3.8) is 0 Å². The molecule has 0 fully saturated rings. The third-order valence-corrected chi connectivity index (χ3v) is 1.65. The van der Waals surface area contributed by atoms with E-state index >= 15 is 0 Å². The molecular formula is C10H11F. The molecule has 0 spiro atoms. The fourth-order valence-corrected chi connectivity index (χ4v) is 0.910. The SMILES string of the molecule is C=C(C)c1ccc(F)c(C)c1. The van der Waals surface area contributed by atoms with E-state index in [0.29, 0.717) is 5.56 Å². The Kier molecular flexibility index (Phi) is 2.08. The molecule has 0 N–H and O–H groups in total. The van der Waals surface area contributed by atoms with Crippen molar-refractivity contribution < 1.29 is 4.39 Å². The predicted molar refractivity (Wildman–Crippen MR) is 45.8 cm³/mol. The van der Waals surface area contributed by atoms with E-state index in [2.05, 4.69) is 6.58 Å². The Balaban J connectivity index is 3.15. The quantitative estimate of drug-likeness (QED) is 0.576. The van der Waals surface area contributed by atoms with Crippen molar-refractivity contribution in [3.05, 3.63) is 41.7 Å². The summed E-state index contributed by atoms with van der Waals surface area (Å²) < 4.78 is 12.7. The van der Waals surface area contributed by atoms with Crippen molar-refractivity contribution in [2.75, 3.05) is 0 Å². The fraction of sp³-hybridized carbons (Fsp3) is 0.200. The molecule has 0 nitrogen and oxygen atoms in total. The van der Waals surface area contributed by atoms with Gasteiger partial charge >= 0.3 is 0 Å². The lowest BCUT2D eigenvalue weighted by atomic mass is 10.1.